The number of benzene rings is 2. The number of ether oxygens (including phenoxy) is 1. The molecular formula is C38H55N2O6PS2. The first-order valence-electron chi connectivity index (χ1n) is 17.6. The summed E-state index contributed by atoms with van der Waals surface area (Å²) in [5.41, 5.74) is 3.23. The van der Waals surface area contributed by atoms with Crippen LogP contribution in [0.5, 0.6) is 0 Å². The summed E-state index contributed by atoms with van der Waals surface area (Å²) in [7, 11) is 0.843. The highest BCUT2D eigenvalue weighted by Gasteiger charge is 2.23. The van der Waals surface area contributed by atoms with Crippen molar-refractivity contribution in [3.63, 3.8) is 0 Å². The van der Waals surface area contributed by atoms with Gasteiger partial charge in [0.1, 0.15) is 6.42 Å². The molecule has 2 aromatic rings. The number of nitrogens with zero attached hydrogens (tertiary/aromatic N) is 1. The molecule has 1 atom stereocenters. The van der Waals surface area contributed by atoms with Gasteiger partial charge in [0, 0.05) is 29.2 Å². The van der Waals surface area contributed by atoms with Gasteiger partial charge in [-0.05, 0) is 55.2 Å². The predicted molar refractivity (Wildman–Crippen MR) is 208 cm³/mol. The lowest BCUT2D eigenvalue weighted by Gasteiger charge is -2.25. The third-order valence-electron chi connectivity index (χ3n) is 7.83. The van der Waals surface area contributed by atoms with Crippen LogP contribution in [-0.2, 0) is 29.9 Å². The maximum atomic E-state index is 13.3. The molecule has 0 spiro atoms. The van der Waals surface area contributed by atoms with Crippen LogP contribution < -0.4 is 10.2 Å². The van der Waals surface area contributed by atoms with Crippen molar-refractivity contribution in [3.05, 3.63) is 65.2 Å². The second-order valence-corrected chi connectivity index (χ2v) is 17.0. The molecule has 2 amide bonds. The highest BCUT2D eigenvalue weighted by molar-refractivity contribution is 8.76. The Morgan fingerprint density at radius 1 is 0.857 bits per heavy atom. The maximum absolute atomic E-state index is 13.3. The number of para-hydroxylation sites is 1. The van der Waals surface area contributed by atoms with Crippen molar-refractivity contribution in [3.8, 4) is 11.8 Å². The fourth-order valence-corrected chi connectivity index (χ4v) is 8.29. The molecule has 0 saturated heterocycles. The third-order valence-corrected chi connectivity index (χ3v) is 11.6. The van der Waals surface area contributed by atoms with E-state index in [1.54, 1.807) is 4.90 Å². The van der Waals surface area contributed by atoms with Gasteiger partial charge in [-0.3, -0.25) is 9.59 Å². The van der Waals surface area contributed by atoms with E-state index in [4.69, 9.17) is 13.8 Å². The van der Waals surface area contributed by atoms with Gasteiger partial charge in [0.2, 0.25) is 19.4 Å². The van der Waals surface area contributed by atoms with E-state index in [2.05, 4.69) is 37.3 Å². The zero-order valence-corrected chi connectivity index (χ0v) is 31.9. The maximum Gasteiger partial charge on any atom is 0.248 e. The zero-order valence-electron chi connectivity index (χ0n) is 29.3. The van der Waals surface area contributed by atoms with Gasteiger partial charge in [-0.15, -0.1) is 0 Å². The van der Waals surface area contributed by atoms with Crippen LogP contribution >= 0.6 is 29.2 Å². The van der Waals surface area contributed by atoms with E-state index >= 15 is 0 Å². The second-order valence-electron chi connectivity index (χ2n) is 12.5. The Kier molecular flexibility index (Phi) is 20.2. The van der Waals surface area contributed by atoms with E-state index in [0.29, 0.717) is 18.8 Å². The third kappa shape index (κ3) is 17.5. The van der Waals surface area contributed by atoms with Crippen LogP contribution in [0.2, 0.25) is 0 Å². The monoisotopic (exact) mass is 730 g/mol. The number of hydrogen-bond acceptors (Lipinski definition) is 8. The lowest BCUT2D eigenvalue weighted by atomic mass is 10.0. The van der Waals surface area contributed by atoms with Crippen molar-refractivity contribution in [2.24, 2.45) is 5.92 Å². The Bertz CT molecular complexity index is 1400. The molecule has 0 radical (unpaired) electrons. The van der Waals surface area contributed by atoms with Gasteiger partial charge in [0.15, 0.2) is 0 Å². The van der Waals surface area contributed by atoms with Crippen LogP contribution in [0.1, 0.15) is 94.7 Å². The standard InChI is InChI=1S/C38H55N2O6PS2/c1-32(2)16-8-4-6-14-28-48-49-29-15-7-5-13-24-45-47(3,43)46-27-26-44-25-23-39-37(41)30-38(42)40-31-35-19-10-9-17-33(35)21-22-34-18-11-12-20-36(34)40/h9-12,17-20,32,43H,3-8,13-16,23-31H2,1-2H3,(H,39,41). The Morgan fingerprint density at radius 3 is 2.24 bits per heavy atom. The van der Waals surface area contributed by atoms with Crippen LogP contribution in [-0.4, -0.2) is 67.5 Å². The van der Waals surface area contributed by atoms with Crippen LogP contribution in [0.25, 0.3) is 0 Å². The summed E-state index contributed by atoms with van der Waals surface area (Å²) in [6.45, 7) is 6.17. The minimum absolute atomic E-state index is 0.131. The van der Waals surface area contributed by atoms with Gasteiger partial charge in [0.05, 0.1) is 38.7 Å². The molecule has 8 nitrogen and oxygen atoms in total. The van der Waals surface area contributed by atoms with Crippen molar-refractivity contribution >= 4 is 53.0 Å². The van der Waals surface area contributed by atoms with E-state index in [-0.39, 0.29) is 44.6 Å². The van der Waals surface area contributed by atoms with E-state index in [0.717, 1.165) is 41.9 Å². The summed E-state index contributed by atoms with van der Waals surface area (Å²) in [5.74, 6) is 8.91. The first-order valence-corrected chi connectivity index (χ1v) is 21.8. The van der Waals surface area contributed by atoms with Crippen molar-refractivity contribution in [1.29, 1.82) is 0 Å². The number of carbonyl (C=O) groups excluding carboxylic acids is 2. The molecule has 0 aliphatic carbocycles. The summed E-state index contributed by atoms with van der Waals surface area (Å²) in [6, 6.07) is 15.2. The fraction of sp³-hybridized carbons (Fsp3) is 0.553. The molecule has 1 heterocycles. The smallest absolute Gasteiger partial charge is 0.248 e. The minimum atomic E-state index is -3.14. The van der Waals surface area contributed by atoms with Crippen molar-refractivity contribution in [2.75, 3.05) is 49.4 Å². The van der Waals surface area contributed by atoms with Crippen LogP contribution in [0.15, 0.2) is 48.5 Å². The zero-order chi connectivity index (χ0) is 35.2. The molecule has 0 aromatic heterocycles. The summed E-state index contributed by atoms with van der Waals surface area (Å²) in [6.07, 6.45) is 14.4. The number of amides is 2. The lowest BCUT2D eigenvalue weighted by molar-refractivity contribution is -0.128. The van der Waals surface area contributed by atoms with E-state index < -0.39 is 7.57 Å². The number of rotatable bonds is 25. The average molecular weight is 731 g/mol. The number of carbonyl (C=O) groups is 2. The minimum Gasteiger partial charge on any atom is -0.377 e. The molecule has 1 unspecified atom stereocenters. The molecule has 2 aromatic carbocycles. The second kappa shape index (κ2) is 24.1. The topological polar surface area (TPSA) is 97.3 Å². The molecule has 0 fully saturated rings. The summed E-state index contributed by atoms with van der Waals surface area (Å²) in [5, 5.41) is 2.74. The Hall–Kier alpha value is -2.22. The van der Waals surface area contributed by atoms with Gasteiger partial charge in [0.25, 0.3) is 0 Å². The molecule has 49 heavy (non-hydrogen) atoms. The molecule has 3 rings (SSSR count). The summed E-state index contributed by atoms with van der Waals surface area (Å²) < 4.78 is 16.5. The molecule has 2 N–H and O–H groups in total. The Morgan fingerprint density at radius 2 is 1.49 bits per heavy atom. The largest absolute Gasteiger partial charge is 0.377 e. The van der Waals surface area contributed by atoms with Gasteiger partial charge in [-0.1, -0.05) is 116 Å². The highest BCUT2D eigenvalue weighted by atomic mass is 33.1. The van der Waals surface area contributed by atoms with Gasteiger partial charge in [-0.25, -0.2) is 0 Å². The molecule has 11 heteroatoms. The number of unbranched alkanes of at least 4 members (excludes halogenated alkanes) is 6. The molecule has 1 aliphatic heterocycles. The summed E-state index contributed by atoms with van der Waals surface area (Å²) >= 11 is 0. The molecular weight excluding hydrogens is 676 g/mol. The average Bonchev–Trinajstić information content (AvgIpc) is 3.06. The quantitative estimate of drug-likeness (QED) is 0.0347. The van der Waals surface area contributed by atoms with Crippen molar-refractivity contribution in [1.82, 2.24) is 5.32 Å². The number of fused-ring (bicyclic) bond motifs is 2. The van der Waals surface area contributed by atoms with Crippen LogP contribution in [0.3, 0.4) is 0 Å². The molecule has 0 bridgehead atoms. The number of anilines is 1. The first kappa shape index (κ1) is 41.2. The molecule has 0 saturated carbocycles. The van der Waals surface area contributed by atoms with Crippen molar-refractivity contribution < 1.29 is 28.3 Å². The Labute approximate surface area is 302 Å². The SMILES string of the molecule is C=P(O)(OCCCCCCSSCCCCCCC(C)C)OCCOCCNC(=O)CC(=O)N1Cc2ccccc2C#Cc2ccccc21. The van der Waals surface area contributed by atoms with Crippen LogP contribution in [0, 0.1) is 17.8 Å². The molecule has 270 valence electrons. The Balaban J connectivity index is 1.18. The van der Waals surface area contributed by atoms with Gasteiger partial charge < -0.3 is 28.9 Å². The van der Waals surface area contributed by atoms with E-state index in [1.165, 1.54) is 50.0 Å². The van der Waals surface area contributed by atoms with Crippen LogP contribution in [0.4, 0.5) is 5.69 Å². The van der Waals surface area contributed by atoms with E-state index in [9.17, 15) is 14.5 Å². The van der Waals surface area contributed by atoms with Crippen molar-refractivity contribution in [2.45, 2.75) is 84.6 Å². The van der Waals surface area contributed by atoms with Gasteiger partial charge in [-0.2, -0.15) is 0 Å². The highest BCUT2D eigenvalue weighted by Crippen LogP contribution is 2.42. The first-order chi connectivity index (χ1) is 23.7. The number of nitrogens with one attached hydrogen (secondary N) is 1. The predicted octanol–water partition coefficient (Wildman–Crippen LogP) is 8.22. The van der Waals surface area contributed by atoms with E-state index in [1.807, 2.05) is 70.1 Å². The number of hydrogen-bond donors (Lipinski definition) is 2. The normalized spacial score (nSPS) is 13.4. The lowest BCUT2D eigenvalue weighted by Crippen LogP contribution is -2.37. The molecule has 1 aliphatic rings. The van der Waals surface area contributed by atoms with Gasteiger partial charge >= 0.3 is 0 Å². The fourth-order valence-electron chi connectivity index (χ4n) is 5.15. The summed E-state index contributed by atoms with van der Waals surface area (Å²) in [4.78, 5) is 37.8.